The number of halogens is 1. The molecule has 22 heavy (non-hydrogen) atoms. The average molecular weight is 378 g/mol. The van der Waals surface area contributed by atoms with Gasteiger partial charge in [0.05, 0.1) is 5.56 Å². The Morgan fingerprint density at radius 2 is 2.05 bits per heavy atom. The van der Waals surface area contributed by atoms with Gasteiger partial charge in [-0.25, -0.2) is 0 Å². The summed E-state index contributed by atoms with van der Waals surface area (Å²) >= 11 is 5.16. The van der Waals surface area contributed by atoms with Crippen LogP contribution in [0.15, 0.2) is 28.7 Å². The molecule has 0 bridgehead atoms. The SMILES string of the molecule is CN1CCc2c(sc3c2C(=O)NC(c2ccc(Br)cc2)N3)C1. The molecule has 2 aliphatic heterocycles. The van der Waals surface area contributed by atoms with Crippen LogP contribution in [0.5, 0.6) is 0 Å². The van der Waals surface area contributed by atoms with E-state index in [4.69, 9.17) is 0 Å². The second-order valence-electron chi connectivity index (χ2n) is 5.80. The number of rotatable bonds is 1. The highest BCUT2D eigenvalue weighted by Crippen LogP contribution is 2.40. The van der Waals surface area contributed by atoms with Gasteiger partial charge in [-0.1, -0.05) is 28.1 Å². The average Bonchev–Trinajstić information content (AvgIpc) is 2.85. The Bertz CT molecular complexity index is 741. The Morgan fingerprint density at radius 1 is 1.27 bits per heavy atom. The summed E-state index contributed by atoms with van der Waals surface area (Å²) in [7, 11) is 2.12. The van der Waals surface area contributed by atoms with Crippen LogP contribution in [0.4, 0.5) is 5.00 Å². The van der Waals surface area contributed by atoms with Crippen LogP contribution >= 0.6 is 27.3 Å². The molecule has 1 aromatic heterocycles. The quantitative estimate of drug-likeness (QED) is 0.800. The van der Waals surface area contributed by atoms with Crippen molar-refractivity contribution in [1.82, 2.24) is 10.2 Å². The van der Waals surface area contributed by atoms with Gasteiger partial charge in [-0.15, -0.1) is 11.3 Å². The van der Waals surface area contributed by atoms with Crippen LogP contribution in [0, 0.1) is 0 Å². The fourth-order valence-corrected chi connectivity index (χ4v) is 4.68. The molecule has 0 fully saturated rings. The normalized spacial score (nSPS) is 20.8. The fourth-order valence-electron chi connectivity index (χ4n) is 3.07. The fraction of sp³-hybridized carbons (Fsp3) is 0.312. The van der Waals surface area contributed by atoms with Crippen LogP contribution in [0.25, 0.3) is 0 Å². The van der Waals surface area contributed by atoms with Gasteiger partial charge in [0.25, 0.3) is 5.91 Å². The number of carbonyl (C=O) groups is 1. The summed E-state index contributed by atoms with van der Waals surface area (Å²) in [4.78, 5) is 16.2. The predicted octanol–water partition coefficient (Wildman–Crippen LogP) is 3.35. The Morgan fingerprint density at radius 3 is 2.82 bits per heavy atom. The van der Waals surface area contributed by atoms with Gasteiger partial charge in [-0.05, 0) is 36.7 Å². The minimum absolute atomic E-state index is 0.0451. The zero-order valence-corrected chi connectivity index (χ0v) is 14.6. The Labute approximate surface area is 141 Å². The molecular formula is C16H16BrN3OS. The van der Waals surface area contributed by atoms with Gasteiger partial charge in [-0.3, -0.25) is 4.79 Å². The van der Waals surface area contributed by atoms with Crippen molar-refractivity contribution in [2.75, 3.05) is 18.9 Å². The van der Waals surface area contributed by atoms with Crippen molar-refractivity contribution in [2.45, 2.75) is 19.1 Å². The number of nitrogens with one attached hydrogen (secondary N) is 2. The van der Waals surface area contributed by atoms with Crippen molar-refractivity contribution >= 4 is 38.2 Å². The van der Waals surface area contributed by atoms with Gasteiger partial charge in [0.1, 0.15) is 11.2 Å². The molecule has 0 aliphatic carbocycles. The van der Waals surface area contributed by atoms with Gasteiger partial charge in [0, 0.05) is 22.4 Å². The number of carbonyl (C=O) groups excluding carboxylic acids is 1. The van der Waals surface area contributed by atoms with E-state index >= 15 is 0 Å². The maximum atomic E-state index is 12.6. The van der Waals surface area contributed by atoms with Gasteiger partial charge in [0.15, 0.2) is 0 Å². The third kappa shape index (κ3) is 2.35. The van der Waals surface area contributed by atoms with Crippen molar-refractivity contribution in [2.24, 2.45) is 0 Å². The lowest BCUT2D eigenvalue weighted by atomic mass is 10.0. The van der Waals surface area contributed by atoms with Crippen molar-refractivity contribution in [3.63, 3.8) is 0 Å². The molecule has 114 valence electrons. The first-order chi connectivity index (χ1) is 10.6. The third-order valence-electron chi connectivity index (χ3n) is 4.23. The molecule has 2 aromatic rings. The summed E-state index contributed by atoms with van der Waals surface area (Å²) in [5, 5.41) is 7.58. The van der Waals surface area contributed by atoms with Gasteiger partial charge in [-0.2, -0.15) is 0 Å². The van der Waals surface area contributed by atoms with Gasteiger partial charge >= 0.3 is 0 Å². The number of amides is 1. The van der Waals surface area contributed by atoms with E-state index in [9.17, 15) is 4.79 Å². The van der Waals surface area contributed by atoms with Crippen LogP contribution in [-0.2, 0) is 13.0 Å². The van der Waals surface area contributed by atoms with Crippen LogP contribution in [0.2, 0.25) is 0 Å². The van der Waals surface area contributed by atoms with Crippen molar-refractivity contribution in [3.05, 3.63) is 50.3 Å². The number of nitrogens with zero attached hydrogens (tertiary/aromatic N) is 1. The molecule has 6 heteroatoms. The van der Waals surface area contributed by atoms with E-state index in [1.54, 1.807) is 11.3 Å². The standard InChI is InChI=1S/C16H16BrN3OS/c1-20-7-6-11-12(8-20)22-16-13(11)15(21)18-14(19-16)9-2-4-10(17)5-3-9/h2-5,14,19H,6-8H2,1H3,(H,18,21). The number of anilines is 1. The van der Waals surface area contributed by atoms with Crippen molar-refractivity contribution in [3.8, 4) is 0 Å². The first-order valence-corrected chi connectivity index (χ1v) is 8.89. The monoisotopic (exact) mass is 377 g/mol. The first kappa shape index (κ1) is 14.2. The lowest BCUT2D eigenvalue weighted by Gasteiger charge is -2.27. The summed E-state index contributed by atoms with van der Waals surface area (Å²) in [5.41, 5.74) is 3.16. The highest BCUT2D eigenvalue weighted by atomic mass is 79.9. The minimum Gasteiger partial charge on any atom is -0.353 e. The number of thiophene rings is 1. The molecule has 2 N–H and O–H groups in total. The van der Waals surface area contributed by atoms with E-state index in [2.05, 4.69) is 38.5 Å². The first-order valence-electron chi connectivity index (χ1n) is 7.28. The number of fused-ring (bicyclic) bond motifs is 3. The smallest absolute Gasteiger partial charge is 0.256 e. The summed E-state index contributed by atoms with van der Waals surface area (Å²) in [6.07, 6.45) is 0.793. The minimum atomic E-state index is -0.161. The van der Waals surface area contributed by atoms with E-state index in [-0.39, 0.29) is 12.1 Å². The second-order valence-corrected chi connectivity index (χ2v) is 7.82. The lowest BCUT2D eigenvalue weighted by molar-refractivity contribution is 0.0935. The lowest BCUT2D eigenvalue weighted by Crippen LogP contribution is -2.38. The van der Waals surface area contributed by atoms with Gasteiger partial charge < -0.3 is 15.5 Å². The molecule has 0 saturated heterocycles. The largest absolute Gasteiger partial charge is 0.353 e. The molecule has 1 atom stereocenters. The van der Waals surface area contributed by atoms with Crippen LogP contribution < -0.4 is 10.6 Å². The Kier molecular flexibility index (Phi) is 3.47. The molecule has 1 unspecified atom stereocenters. The molecule has 4 rings (SSSR count). The predicted molar refractivity (Wildman–Crippen MR) is 92.3 cm³/mol. The van der Waals surface area contributed by atoms with E-state index in [0.29, 0.717) is 0 Å². The molecular weight excluding hydrogens is 362 g/mol. The molecule has 3 heterocycles. The summed E-state index contributed by atoms with van der Waals surface area (Å²) in [6.45, 7) is 1.95. The Hall–Kier alpha value is -1.37. The maximum absolute atomic E-state index is 12.6. The van der Waals surface area contributed by atoms with E-state index in [1.807, 2.05) is 24.3 Å². The maximum Gasteiger partial charge on any atom is 0.256 e. The highest BCUT2D eigenvalue weighted by molar-refractivity contribution is 9.10. The van der Waals surface area contributed by atoms with E-state index in [1.165, 1.54) is 10.4 Å². The molecule has 0 spiro atoms. The van der Waals surface area contributed by atoms with Crippen molar-refractivity contribution in [1.29, 1.82) is 0 Å². The Balaban J connectivity index is 1.69. The number of likely N-dealkylation sites (N-methyl/N-ethyl adjacent to an activating group) is 1. The molecule has 4 nitrogen and oxygen atoms in total. The van der Waals surface area contributed by atoms with Crippen LogP contribution in [0.1, 0.15) is 32.5 Å². The highest BCUT2D eigenvalue weighted by Gasteiger charge is 2.32. The van der Waals surface area contributed by atoms with Crippen molar-refractivity contribution < 1.29 is 4.79 Å². The summed E-state index contributed by atoms with van der Waals surface area (Å²) < 4.78 is 1.04. The van der Waals surface area contributed by atoms with E-state index < -0.39 is 0 Å². The molecule has 0 saturated carbocycles. The second kappa shape index (κ2) is 5.37. The number of hydrogen-bond donors (Lipinski definition) is 2. The molecule has 0 radical (unpaired) electrons. The number of hydrogen-bond acceptors (Lipinski definition) is 4. The molecule has 1 amide bonds. The zero-order chi connectivity index (χ0) is 15.3. The topological polar surface area (TPSA) is 44.4 Å². The zero-order valence-electron chi connectivity index (χ0n) is 12.1. The van der Waals surface area contributed by atoms with Crippen LogP contribution in [0.3, 0.4) is 0 Å². The van der Waals surface area contributed by atoms with E-state index in [0.717, 1.165) is 40.1 Å². The van der Waals surface area contributed by atoms with Crippen LogP contribution in [-0.4, -0.2) is 24.4 Å². The molecule has 2 aliphatic rings. The number of benzene rings is 1. The third-order valence-corrected chi connectivity index (χ3v) is 5.91. The summed E-state index contributed by atoms with van der Waals surface area (Å²) in [6, 6.07) is 8.03. The van der Waals surface area contributed by atoms with Gasteiger partial charge in [0.2, 0.25) is 0 Å². The summed E-state index contributed by atoms with van der Waals surface area (Å²) in [5.74, 6) is 0.0451. The molecule has 1 aromatic carbocycles.